The maximum atomic E-state index is 12.5. The number of fused-ring (bicyclic) bond motifs is 1. The van der Waals surface area contributed by atoms with Gasteiger partial charge in [0, 0.05) is 12.0 Å². The summed E-state index contributed by atoms with van der Waals surface area (Å²) in [4.78, 5) is 17.3. The van der Waals surface area contributed by atoms with Crippen LogP contribution in [0.3, 0.4) is 0 Å². The minimum Gasteiger partial charge on any atom is -0.258 e. The van der Waals surface area contributed by atoms with Crippen LogP contribution in [-0.2, 0) is 6.42 Å². The molecule has 0 saturated heterocycles. The summed E-state index contributed by atoms with van der Waals surface area (Å²) in [6.45, 7) is 1.88. The molecule has 24 heavy (non-hydrogen) atoms. The molecule has 118 valence electrons. The van der Waals surface area contributed by atoms with E-state index in [1.807, 2.05) is 61.7 Å². The fraction of sp³-hybridized carbons (Fsp3) is 0.150. The highest BCUT2D eigenvalue weighted by Gasteiger charge is 2.37. The molecule has 1 aliphatic heterocycles. The summed E-state index contributed by atoms with van der Waals surface area (Å²) < 4.78 is 1.71. The average molecular weight is 316 g/mol. The third-order valence-corrected chi connectivity index (χ3v) is 4.27. The molecule has 1 N–H and O–H groups in total. The molecular formula is C20H18N3O+. The number of aromatic nitrogens is 2. The molecule has 1 aliphatic rings. The normalized spacial score (nSPS) is 15.9. The van der Waals surface area contributed by atoms with E-state index in [0.29, 0.717) is 6.42 Å². The number of nitrogens with one attached hydrogen (secondary N) is 1. The Morgan fingerprint density at radius 2 is 1.71 bits per heavy atom. The highest BCUT2D eigenvalue weighted by atomic mass is 16.2. The van der Waals surface area contributed by atoms with E-state index in [0.717, 1.165) is 22.8 Å². The van der Waals surface area contributed by atoms with Gasteiger partial charge in [-0.3, -0.25) is 5.32 Å². The standard InChI is InChI=1S/C20H17N3O/c1-14-20(24)23-13-18(16-10-6-3-7-11-16)22-17(19(23)21-14)12-15-8-4-2-5-9-15/h2-11,13-14H,12H2,1H3/p+1. The fourth-order valence-electron chi connectivity index (χ4n) is 3.02. The zero-order chi connectivity index (χ0) is 16.5. The molecule has 0 amide bonds. The summed E-state index contributed by atoms with van der Waals surface area (Å²) in [5.74, 6) is 0.856. The van der Waals surface area contributed by atoms with Crippen LogP contribution in [0.25, 0.3) is 11.3 Å². The van der Waals surface area contributed by atoms with Crippen LogP contribution in [0.2, 0.25) is 0 Å². The second-order valence-electron chi connectivity index (χ2n) is 6.02. The van der Waals surface area contributed by atoms with Crippen LogP contribution in [0.15, 0.2) is 66.9 Å². The molecule has 0 spiro atoms. The lowest BCUT2D eigenvalue weighted by atomic mass is 10.1. The maximum Gasteiger partial charge on any atom is 0.358 e. The molecule has 0 fully saturated rings. The Kier molecular flexibility index (Phi) is 3.58. The van der Waals surface area contributed by atoms with E-state index in [9.17, 15) is 4.79 Å². The molecule has 2 heterocycles. The molecule has 2 aromatic carbocycles. The van der Waals surface area contributed by atoms with Gasteiger partial charge >= 0.3 is 11.7 Å². The average Bonchev–Trinajstić information content (AvgIpc) is 2.92. The largest absolute Gasteiger partial charge is 0.358 e. The number of rotatable bonds is 3. The molecule has 0 radical (unpaired) electrons. The summed E-state index contributed by atoms with van der Waals surface area (Å²) in [5, 5.41) is 3.27. The first-order valence-corrected chi connectivity index (χ1v) is 8.08. The molecule has 1 unspecified atom stereocenters. The quantitative estimate of drug-likeness (QED) is 0.755. The van der Waals surface area contributed by atoms with Gasteiger partial charge in [-0.15, -0.1) is 0 Å². The van der Waals surface area contributed by atoms with Gasteiger partial charge in [-0.05, 0) is 12.5 Å². The van der Waals surface area contributed by atoms with Crippen LogP contribution < -0.4 is 9.88 Å². The minimum absolute atomic E-state index is 0.0545. The molecule has 4 heteroatoms. The minimum atomic E-state index is -0.229. The van der Waals surface area contributed by atoms with Gasteiger partial charge in [-0.25, -0.2) is 9.78 Å². The lowest BCUT2D eigenvalue weighted by Crippen LogP contribution is -2.42. The van der Waals surface area contributed by atoms with Crippen LogP contribution in [0.4, 0.5) is 5.82 Å². The molecule has 4 rings (SSSR count). The van der Waals surface area contributed by atoms with Gasteiger partial charge in [-0.2, -0.15) is 4.57 Å². The Balaban J connectivity index is 1.84. The number of nitrogens with zero attached hydrogens (tertiary/aromatic N) is 2. The SMILES string of the molecule is CC1Nc2c(Cc3ccccc3)nc(-c3ccccc3)c[n+]2C1=O. The third kappa shape index (κ3) is 2.56. The van der Waals surface area contributed by atoms with Crippen LogP contribution in [0, 0.1) is 0 Å². The summed E-state index contributed by atoms with van der Waals surface area (Å²) in [6, 6.07) is 19.9. The van der Waals surface area contributed by atoms with Crippen molar-refractivity contribution >= 4 is 11.7 Å². The fourth-order valence-corrected chi connectivity index (χ4v) is 3.02. The highest BCUT2D eigenvalue weighted by molar-refractivity contribution is 5.81. The summed E-state index contributed by atoms with van der Waals surface area (Å²) in [5.41, 5.74) is 3.89. The van der Waals surface area contributed by atoms with Crippen molar-refractivity contribution in [3.8, 4) is 11.3 Å². The monoisotopic (exact) mass is 316 g/mol. The van der Waals surface area contributed by atoms with E-state index in [1.165, 1.54) is 5.56 Å². The van der Waals surface area contributed by atoms with Gasteiger partial charge in [0.2, 0.25) is 0 Å². The van der Waals surface area contributed by atoms with E-state index in [1.54, 1.807) is 4.57 Å². The summed E-state index contributed by atoms with van der Waals surface area (Å²) >= 11 is 0. The first kappa shape index (κ1) is 14.6. The smallest absolute Gasteiger partial charge is 0.258 e. The predicted octanol–water partition coefficient (Wildman–Crippen LogP) is 3.08. The molecular weight excluding hydrogens is 298 g/mol. The second kappa shape index (κ2) is 5.89. The first-order valence-electron chi connectivity index (χ1n) is 8.08. The van der Waals surface area contributed by atoms with Crippen LogP contribution in [0.1, 0.15) is 23.0 Å². The molecule has 4 nitrogen and oxygen atoms in total. The van der Waals surface area contributed by atoms with Gasteiger partial charge in [0.25, 0.3) is 0 Å². The summed E-state index contributed by atoms with van der Waals surface area (Å²) in [6.07, 6.45) is 2.52. The van der Waals surface area contributed by atoms with Gasteiger partial charge in [0.05, 0.1) is 0 Å². The number of anilines is 1. The van der Waals surface area contributed by atoms with Gasteiger partial charge < -0.3 is 0 Å². The number of hydrogen-bond donors (Lipinski definition) is 1. The number of benzene rings is 2. The van der Waals surface area contributed by atoms with Gasteiger partial charge in [0.15, 0.2) is 6.04 Å². The maximum absolute atomic E-state index is 12.5. The Morgan fingerprint density at radius 3 is 2.42 bits per heavy atom. The topological polar surface area (TPSA) is 45.9 Å². The molecule has 1 aromatic heterocycles. The van der Waals surface area contributed by atoms with E-state index < -0.39 is 0 Å². The number of carbonyl (C=O) groups excluding carboxylic acids is 1. The van der Waals surface area contributed by atoms with Crippen molar-refractivity contribution in [3.63, 3.8) is 0 Å². The van der Waals surface area contributed by atoms with E-state index in [2.05, 4.69) is 17.4 Å². The first-order chi connectivity index (χ1) is 11.7. The van der Waals surface area contributed by atoms with Crippen molar-refractivity contribution in [2.24, 2.45) is 0 Å². The molecule has 1 atom stereocenters. The van der Waals surface area contributed by atoms with Crippen molar-refractivity contribution in [2.75, 3.05) is 5.32 Å². The van der Waals surface area contributed by atoms with Crippen molar-refractivity contribution in [3.05, 3.63) is 78.1 Å². The number of hydrogen-bond acceptors (Lipinski definition) is 3. The Hall–Kier alpha value is -3.01. The Bertz CT molecular complexity index is 892. The zero-order valence-electron chi connectivity index (χ0n) is 13.4. The van der Waals surface area contributed by atoms with Gasteiger partial charge in [-0.1, -0.05) is 60.7 Å². The predicted molar refractivity (Wildman–Crippen MR) is 92.8 cm³/mol. The van der Waals surface area contributed by atoms with Crippen molar-refractivity contribution in [1.29, 1.82) is 0 Å². The van der Waals surface area contributed by atoms with Crippen molar-refractivity contribution < 1.29 is 9.36 Å². The van der Waals surface area contributed by atoms with E-state index in [-0.39, 0.29) is 11.9 Å². The van der Waals surface area contributed by atoms with E-state index in [4.69, 9.17) is 4.98 Å². The van der Waals surface area contributed by atoms with Crippen LogP contribution in [0.5, 0.6) is 0 Å². The number of carbonyl (C=O) groups is 1. The third-order valence-electron chi connectivity index (χ3n) is 4.27. The highest BCUT2D eigenvalue weighted by Crippen LogP contribution is 2.23. The molecule has 0 saturated carbocycles. The Labute approximate surface area is 140 Å². The molecule has 0 bridgehead atoms. The molecule has 3 aromatic rings. The lowest BCUT2D eigenvalue weighted by Gasteiger charge is -2.07. The Morgan fingerprint density at radius 1 is 1.04 bits per heavy atom. The van der Waals surface area contributed by atoms with Gasteiger partial charge in [0.1, 0.15) is 17.6 Å². The molecule has 0 aliphatic carbocycles. The van der Waals surface area contributed by atoms with Crippen LogP contribution in [-0.4, -0.2) is 16.9 Å². The second-order valence-corrected chi connectivity index (χ2v) is 6.02. The van der Waals surface area contributed by atoms with Crippen LogP contribution >= 0.6 is 0 Å². The van der Waals surface area contributed by atoms with E-state index >= 15 is 0 Å². The summed E-state index contributed by atoms with van der Waals surface area (Å²) in [7, 11) is 0. The zero-order valence-corrected chi connectivity index (χ0v) is 13.4. The lowest BCUT2D eigenvalue weighted by molar-refractivity contribution is -0.552. The van der Waals surface area contributed by atoms with Crippen molar-refractivity contribution in [1.82, 2.24) is 4.98 Å². The van der Waals surface area contributed by atoms with Crippen molar-refractivity contribution in [2.45, 2.75) is 19.4 Å².